The van der Waals surface area contributed by atoms with Gasteiger partial charge in [0.2, 0.25) is 5.78 Å². The van der Waals surface area contributed by atoms with Crippen molar-refractivity contribution in [1.82, 2.24) is 0 Å². The molecule has 4 nitrogen and oxygen atoms in total. The van der Waals surface area contributed by atoms with Crippen LogP contribution in [0, 0.1) is 12.7 Å². The van der Waals surface area contributed by atoms with Gasteiger partial charge in [-0.25, -0.2) is 4.39 Å². The van der Waals surface area contributed by atoms with E-state index in [2.05, 4.69) is 5.32 Å². The average Bonchev–Trinajstić information content (AvgIpc) is 2.50. The van der Waals surface area contributed by atoms with Crippen molar-refractivity contribution >= 4 is 23.2 Å². The maximum Gasteiger partial charge on any atom is 0.292 e. The molecule has 0 fully saturated rings. The molecule has 2 aromatic rings. The highest BCUT2D eigenvalue weighted by Gasteiger charge is 2.19. The molecule has 0 saturated carbocycles. The molecule has 0 atom stereocenters. The van der Waals surface area contributed by atoms with Crippen molar-refractivity contribution < 1.29 is 18.8 Å². The molecule has 0 heterocycles. The Morgan fingerprint density at radius 1 is 1.00 bits per heavy atom. The first-order valence-electron chi connectivity index (χ1n) is 6.66. The summed E-state index contributed by atoms with van der Waals surface area (Å²) in [6, 6.07) is 11.8. The number of benzene rings is 2. The molecule has 0 aromatic heterocycles. The van der Waals surface area contributed by atoms with Gasteiger partial charge in [0.05, 0.1) is 6.42 Å². The zero-order valence-electron chi connectivity index (χ0n) is 11.9. The fourth-order valence-corrected chi connectivity index (χ4v) is 1.87. The quantitative estimate of drug-likeness (QED) is 0.524. The number of halogens is 1. The van der Waals surface area contributed by atoms with Crippen LogP contribution in [0.3, 0.4) is 0 Å². The first kappa shape index (κ1) is 15.6. The summed E-state index contributed by atoms with van der Waals surface area (Å²) in [6.07, 6.45) is -0.552. The second kappa shape index (κ2) is 6.76. The first-order valence-corrected chi connectivity index (χ1v) is 6.66. The van der Waals surface area contributed by atoms with Crippen LogP contribution in [0.5, 0.6) is 0 Å². The Kier molecular flexibility index (Phi) is 4.78. The smallest absolute Gasteiger partial charge is 0.292 e. The number of para-hydroxylation sites is 1. The van der Waals surface area contributed by atoms with E-state index in [1.165, 1.54) is 12.1 Å². The summed E-state index contributed by atoms with van der Waals surface area (Å²) in [5.74, 6) is -2.67. The van der Waals surface area contributed by atoms with E-state index in [1.807, 2.05) is 6.07 Å². The van der Waals surface area contributed by atoms with Gasteiger partial charge >= 0.3 is 0 Å². The lowest BCUT2D eigenvalue weighted by molar-refractivity contribution is -0.134. The van der Waals surface area contributed by atoms with Gasteiger partial charge in [0.25, 0.3) is 5.91 Å². The molecule has 0 aliphatic carbocycles. The van der Waals surface area contributed by atoms with Crippen LogP contribution in [0.25, 0.3) is 0 Å². The summed E-state index contributed by atoms with van der Waals surface area (Å²) in [6.45, 7) is 1.80. The fraction of sp³-hybridized carbons (Fsp3) is 0.118. The van der Waals surface area contributed by atoms with Crippen molar-refractivity contribution in [2.75, 3.05) is 5.32 Å². The van der Waals surface area contributed by atoms with E-state index >= 15 is 0 Å². The van der Waals surface area contributed by atoms with Crippen LogP contribution in [0.15, 0.2) is 48.5 Å². The van der Waals surface area contributed by atoms with Gasteiger partial charge in [0, 0.05) is 11.3 Å². The molecule has 0 aliphatic heterocycles. The van der Waals surface area contributed by atoms with E-state index in [1.54, 1.807) is 25.1 Å². The van der Waals surface area contributed by atoms with Crippen LogP contribution in [0.1, 0.15) is 22.3 Å². The van der Waals surface area contributed by atoms with Gasteiger partial charge in [-0.2, -0.15) is 0 Å². The second-order valence-corrected chi connectivity index (χ2v) is 4.80. The van der Waals surface area contributed by atoms with Crippen LogP contribution in [0.2, 0.25) is 0 Å². The van der Waals surface area contributed by atoms with Crippen LogP contribution < -0.4 is 5.32 Å². The summed E-state index contributed by atoms with van der Waals surface area (Å²) in [7, 11) is 0. The van der Waals surface area contributed by atoms with Crippen molar-refractivity contribution in [1.29, 1.82) is 0 Å². The van der Waals surface area contributed by atoms with Gasteiger partial charge in [0.1, 0.15) is 5.82 Å². The molecule has 2 rings (SSSR count). The van der Waals surface area contributed by atoms with E-state index in [-0.39, 0.29) is 5.56 Å². The van der Waals surface area contributed by atoms with Crippen LogP contribution in [0.4, 0.5) is 10.1 Å². The number of nitrogens with one attached hydrogen (secondary N) is 1. The Balaban J connectivity index is 1.99. The predicted molar refractivity (Wildman–Crippen MR) is 80.2 cm³/mol. The number of anilines is 1. The first-order chi connectivity index (χ1) is 10.5. The number of Topliss-reactive ketones (excluding diaryl/α,β-unsaturated/α-hetero) is 2. The molecule has 0 spiro atoms. The van der Waals surface area contributed by atoms with E-state index < -0.39 is 29.7 Å². The summed E-state index contributed by atoms with van der Waals surface area (Å²) in [5, 5.41) is 2.48. The molecule has 0 aliphatic rings. The maximum absolute atomic E-state index is 12.8. The van der Waals surface area contributed by atoms with Crippen molar-refractivity contribution in [2.24, 2.45) is 0 Å². The lowest BCUT2D eigenvalue weighted by Crippen LogP contribution is -2.25. The normalized spacial score (nSPS) is 10.1. The minimum Gasteiger partial charge on any atom is -0.319 e. The Labute approximate surface area is 127 Å². The summed E-state index contributed by atoms with van der Waals surface area (Å²) >= 11 is 0. The molecule has 1 amide bonds. The monoisotopic (exact) mass is 299 g/mol. The van der Waals surface area contributed by atoms with Crippen molar-refractivity contribution in [3.8, 4) is 0 Å². The minimum absolute atomic E-state index is 0.193. The van der Waals surface area contributed by atoms with Crippen LogP contribution >= 0.6 is 0 Å². The number of amides is 1. The standard InChI is InChI=1S/C17H14FNO3/c1-11-4-2-3-5-14(11)19-17(22)16(21)10-15(20)12-6-8-13(18)9-7-12/h2-9H,10H2,1H3,(H,19,22). The average molecular weight is 299 g/mol. The Hall–Kier alpha value is -2.82. The number of hydrogen-bond donors (Lipinski definition) is 1. The number of hydrogen-bond acceptors (Lipinski definition) is 3. The molecule has 0 radical (unpaired) electrons. The molecule has 0 unspecified atom stereocenters. The molecular formula is C17H14FNO3. The number of aryl methyl sites for hydroxylation is 1. The number of ketones is 2. The van der Waals surface area contributed by atoms with Gasteiger partial charge in [0.15, 0.2) is 5.78 Å². The van der Waals surface area contributed by atoms with Crippen LogP contribution in [-0.2, 0) is 9.59 Å². The Morgan fingerprint density at radius 3 is 2.27 bits per heavy atom. The predicted octanol–water partition coefficient (Wildman–Crippen LogP) is 2.91. The third-order valence-corrected chi connectivity index (χ3v) is 3.13. The molecule has 112 valence electrons. The van der Waals surface area contributed by atoms with Crippen molar-refractivity contribution in [3.05, 3.63) is 65.5 Å². The third kappa shape index (κ3) is 3.85. The molecular weight excluding hydrogens is 285 g/mol. The molecule has 2 aromatic carbocycles. The molecule has 0 saturated heterocycles. The Bertz CT molecular complexity index is 723. The highest BCUT2D eigenvalue weighted by Crippen LogP contribution is 2.13. The maximum atomic E-state index is 12.8. The van der Waals surface area contributed by atoms with Gasteiger partial charge in [-0.1, -0.05) is 18.2 Å². The molecule has 0 bridgehead atoms. The lowest BCUT2D eigenvalue weighted by atomic mass is 10.1. The van der Waals surface area contributed by atoms with Gasteiger partial charge in [-0.05, 0) is 42.8 Å². The largest absolute Gasteiger partial charge is 0.319 e. The number of carbonyl (C=O) groups excluding carboxylic acids is 3. The molecule has 5 heteroatoms. The van der Waals surface area contributed by atoms with Gasteiger partial charge < -0.3 is 5.32 Å². The van der Waals surface area contributed by atoms with Crippen molar-refractivity contribution in [3.63, 3.8) is 0 Å². The van der Waals surface area contributed by atoms with Gasteiger partial charge in [-0.3, -0.25) is 14.4 Å². The molecule has 22 heavy (non-hydrogen) atoms. The van der Waals surface area contributed by atoms with Crippen LogP contribution in [-0.4, -0.2) is 17.5 Å². The van der Waals surface area contributed by atoms with E-state index in [0.717, 1.165) is 17.7 Å². The summed E-state index contributed by atoms with van der Waals surface area (Å²) < 4.78 is 12.8. The van der Waals surface area contributed by atoms with Crippen molar-refractivity contribution in [2.45, 2.75) is 13.3 Å². The summed E-state index contributed by atoms with van der Waals surface area (Å²) in [5.41, 5.74) is 1.53. The fourth-order valence-electron chi connectivity index (χ4n) is 1.87. The minimum atomic E-state index is -0.843. The molecule has 1 N–H and O–H groups in total. The number of carbonyl (C=O) groups is 3. The van der Waals surface area contributed by atoms with Gasteiger partial charge in [-0.15, -0.1) is 0 Å². The highest BCUT2D eigenvalue weighted by molar-refractivity contribution is 6.44. The number of rotatable bonds is 5. The SMILES string of the molecule is Cc1ccccc1NC(=O)C(=O)CC(=O)c1ccc(F)cc1. The van der Waals surface area contributed by atoms with E-state index in [9.17, 15) is 18.8 Å². The lowest BCUT2D eigenvalue weighted by Gasteiger charge is -2.07. The Morgan fingerprint density at radius 2 is 1.64 bits per heavy atom. The topological polar surface area (TPSA) is 63.2 Å². The second-order valence-electron chi connectivity index (χ2n) is 4.80. The van der Waals surface area contributed by atoms with E-state index in [0.29, 0.717) is 5.69 Å². The summed E-state index contributed by atoms with van der Waals surface area (Å²) in [4.78, 5) is 35.5. The van der Waals surface area contributed by atoms with E-state index in [4.69, 9.17) is 0 Å². The zero-order chi connectivity index (χ0) is 16.1. The third-order valence-electron chi connectivity index (χ3n) is 3.13. The highest BCUT2D eigenvalue weighted by atomic mass is 19.1. The zero-order valence-corrected chi connectivity index (χ0v) is 11.9.